The van der Waals surface area contributed by atoms with Gasteiger partial charge in [-0.15, -0.1) is 10.2 Å². The van der Waals surface area contributed by atoms with Gasteiger partial charge in [0.2, 0.25) is 0 Å². The highest BCUT2D eigenvalue weighted by Crippen LogP contribution is 2.14. The second-order valence-corrected chi connectivity index (χ2v) is 6.32. The molecule has 0 saturated carbocycles. The quantitative estimate of drug-likeness (QED) is 0.833. The van der Waals surface area contributed by atoms with E-state index in [-0.39, 0.29) is 0 Å². The maximum Gasteiger partial charge on any atom is 0.134 e. The van der Waals surface area contributed by atoms with E-state index in [0.29, 0.717) is 0 Å². The van der Waals surface area contributed by atoms with Crippen LogP contribution in [0.1, 0.15) is 43.4 Å². The molecule has 0 spiro atoms. The summed E-state index contributed by atoms with van der Waals surface area (Å²) in [4.78, 5) is 0. The van der Waals surface area contributed by atoms with E-state index in [9.17, 15) is 0 Å². The summed E-state index contributed by atoms with van der Waals surface area (Å²) in [6, 6.07) is 10.5. The number of nitrogens with zero attached hydrogens (tertiary/aromatic N) is 3. The molecule has 0 radical (unpaired) electrons. The molecule has 0 aliphatic carbocycles. The van der Waals surface area contributed by atoms with Crippen LogP contribution in [0.15, 0.2) is 35.9 Å². The van der Waals surface area contributed by atoms with Gasteiger partial charge in [0.1, 0.15) is 11.6 Å². The Hall–Kier alpha value is -1.94. The molecule has 1 aromatic heterocycles. The van der Waals surface area contributed by atoms with Crippen LogP contribution in [0.4, 0.5) is 0 Å². The Kier molecular flexibility index (Phi) is 5.59. The van der Waals surface area contributed by atoms with Gasteiger partial charge in [0.15, 0.2) is 0 Å². The highest BCUT2D eigenvalue weighted by molar-refractivity contribution is 5.52. The molecule has 4 nitrogen and oxygen atoms in total. The molecule has 122 valence electrons. The zero-order chi connectivity index (χ0) is 15.9. The molecular weight excluding hydrogens is 284 g/mol. The van der Waals surface area contributed by atoms with Crippen molar-refractivity contribution in [2.24, 2.45) is 0 Å². The first-order valence-electron chi connectivity index (χ1n) is 8.67. The number of rotatable bonds is 6. The molecule has 0 bridgehead atoms. The summed E-state index contributed by atoms with van der Waals surface area (Å²) in [5.41, 5.74) is 2.60. The topological polar surface area (TPSA) is 42.7 Å². The van der Waals surface area contributed by atoms with Gasteiger partial charge in [-0.3, -0.25) is 0 Å². The van der Waals surface area contributed by atoms with Gasteiger partial charge in [-0.1, -0.05) is 48.4 Å². The molecule has 1 N–H and O–H groups in total. The summed E-state index contributed by atoms with van der Waals surface area (Å²) in [6.07, 6.45) is 8.08. The van der Waals surface area contributed by atoms with Gasteiger partial charge in [-0.05, 0) is 25.3 Å². The minimum absolute atomic E-state index is 0.913. The molecule has 1 aromatic carbocycles. The van der Waals surface area contributed by atoms with Gasteiger partial charge in [-0.25, -0.2) is 0 Å². The maximum absolute atomic E-state index is 4.38. The van der Waals surface area contributed by atoms with Crippen LogP contribution in [-0.4, -0.2) is 27.9 Å². The lowest BCUT2D eigenvalue weighted by Gasteiger charge is -2.08. The fraction of sp³-hybridized carbons (Fsp3) is 0.474. The molecule has 0 saturated heterocycles. The number of aryl methyl sites for hydroxylation is 1. The minimum Gasteiger partial charge on any atom is -0.315 e. The van der Waals surface area contributed by atoms with Gasteiger partial charge in [0.25, 0.3) is 0 Å². The number of fused-ring (bicyclic) bond motifs is 1. The molecule has 0 fully saturated rings. The Labute approximate surface area is 138 Å². The lowest BCUT2D eigenvalue weighted by atomic mass is 10.1. The lowest BCUT2D eigenvalue weighted by Crippen LogP contribution is -2.21. The highest BCUT2D eigenvalue weighted by Gasteiger charge is 2.13. The van der Waals surface area contributed by atoms with Crippen LogP contribution in [0.2, 0.25) is 0 Å². The molecule has 1 aliphatic heterocycles. The number of hydrogen-bond acceptors (Lipinski definition) is 3. The van der Waals surface area contributed by atoms with Crippen LogP contribution in [0.25, 0.3) is 6.08 Å². The smallest absolute Gasteiger partial charge is 0.134 e. The minimum atomic E-state index is 0.913. The third kappa shape index (κ3) is 4.52. The number of benzene rings is 1. The van der Waals surface area contributed by atoms with Gasteiger partial charge in [0, 0.05) is 32.5 Å². The summed E-state index contributed by atoms with van der Waals surface area (Å²) < 4.78 is 2.33. The van der Waals surface area contributed by atoms with E-state index in [1.165, 1.54) is 36.2 Å². The van der Waals surface area contributed by atoms with E-state index >= 15 is 0 Å². The third-order valence-corrected chi connectivity index (χ3v) is 4.33. The first kappa shape index (κ1) is 15.9. The van der Waals surface area contributed by atoms with E-state index in [4.69, 9.17) is 0 Å². The second kappa shape index (κ2) is 8.06. The average molecular weight is 310 g/mol. The van der Waals surface area contributed by atoms with Crippen LogP contribution in [0.5, 0.6) is 0 Å². The molecule has 0 unspecified atom stereocenters. The highest BCUT2D eigenvalue weighted by atomic mass is 15.3. The first-order valence-corrected chi connectivity index (χ1v) is 8.67. The first-order chi connectivity index (χ1) is 11.3. The molecule has 0 amide bonds. The zero-order valence-electron chi connectivity index (χ0n) is 14.0. The van der Waals surface area contributed by atoms with Crippen molar-refractivity contribution in [3.05, 3.63) is 53.1 Å². The molecular formula is C19H26N4. The lowest BCUT2D eigenvalue weighted by molar-refractivity contribution is 0.593. The summed E-state index contributed by atoms with van der Waals surface area (Å²) in [5, 5.41) is 12.3. The number of hydrogen-bond donors (Lipinski definition) is 1. The van der Waals surface area contributed by atoms with Gasteiger partial charge >= 0.3 is 0 Å². The zero-order valence-corrected chi connectivity index (χ0v) is 14.0. The van der Waals surface area contributed by atoms with E-state index < -0.39 is 0 Å². The standard InChI is InChI=1S/C19H26N4/c1-16(14-17-8-4-2-5-9-17)15-20-12-11-19-22-21-18-10-6-3-7-13-23(18)19/h2,4-5,8-9,14,20H,3,6-7,10-13,15H2,1H3/b16-14-. The Morgan fingerprint density at radius 2 is 2.04 bits per heavy atom. The van der Waals surface area contributed by atoms with Crippen molar-refractivity contribution >= 4 is 6.08 Å². The summed E-state index contributed by atoms with van der Waals surface area (Å²) in [6.45, 7) is 5.11. The van der Waals surface area contributed by atoms with Crippen molar-refractivity contribution in [3.8, 4) is 0 Å². The monoisotopic (exact) mass is 310 g/mol. The molecule has 0 atom stereocenters. The predicted octanol–water partition coefficient (Wildman–Crippen LogP) is 3.24. The number of nitrogens with one attached hydrogen (secondary N) is 1. The maximum atomic E-state index is 4.38. The van der Waals surface area contributed by atoms with Gasteiger partial charge in [-0.2, -0.15) is 0 Å². The van der Waals surface area contributed by atoms with Gasteiger partial charge < -0.3 is 9.88 Å². The van der Waals surface area contributed by atoms with E-state index in [1.807, 2.05) is 6.07 Å². The summed E-state index contributed by atoms with van der Waals surface area (Å²) >= 11 is 0. The Morgan fingerprint density at radius 1 is 1.17 bits per heavy atom. The molecule has 23 heavy (non-hydrogen) atoms. The van der Waals surface area contributed by atoms with Crippen molar-refractivity contribution in [2.45, 2.75) is 45.6 Å². The molecule has 4 heteroatoms. The van der Waals surface area contributed by atoms with Crippen molar-refractivity contribution < 1.29 is 0 Å². The van der Waals surface area contributed by atoms with Crippen LogP contribution in [0.3, 0.4) is 0 Å². The molecule has 1 aliphatic rings. The Bertz CT molecular complexity index is 643. The van der Waals surface area contributed by atoms with Crippen LogP contribution in [0, 0.1) is 0 Å². The van der Waals surface area contributed by atoms with Gasteiger partial charge in [0.05, 0.1) is 0 Å². The van der Waals surface area contributed by atoms with Crippen LogP contribution >= 0.6 is 0 Å². The molecule has 2 aromatic rings. The number of aromatic nitrogens is 3. The van der Waals surface area contributed by atoms with E-state index in [0.717, 1.165) is 38.3 Å². The van der Waals surface area contributed by atoms with Crippen LogP contribution in [-0.2, 0) is 19.4 Å². The normalized spacial score (nSPS) is 15.3. The second-order valence-electron chi connectivity index (χ2n) is 6.32. The molecule has 3 rings (SSSR count). The van der Waals surface area contributed by atoms with Crippen molar-refractivity contribution in [2.75, 3.05) is 13.1 Å². The third-order valence-electron chi connectivity index (χ3n) is 4.33. The summed E-state index contributed by atoms with van der Waals surface area (Å²) in [5.74, 6) is 2.32. The van der Waals surface area contributed by atoms with Crippen molar-refractivity contribution in [1.82, 2.24) is 20.1 Å². The van der Waals surface area contributed by atoms with E-state index in [1.54, 1.807) is 0 Å². The molecule has 2 heterocycles. The predicted molar refractivity (Wildman–Crippen MR) is 94.2 cm³/mol. The van der Waals surface area contributed by atoms with Crippen molar-refractivity contribution in [1.29, 1.82) is 0 Å². The Morgan fingerprint density at radius 3 is 2.91 bits per heavy atom. The van der Waals surface area contributed by atoms with E-state index in [2.05, 4.69) is 57.3 Å². The Balaban J connectivity index is 1.47. The largest absolute Gasteiger partial charge is 0.315 e. The average Bonchev–Trinajstić information content (AvgIpc) is 2.79. The fourth-order valence-corrected chi connectivity index (χ4v) is 3.10. The van der Waals surface area contributed by atoms with Crippen LogP contribution < -0.4 is 5.32 Å². The summed E-state index contributed by atoms with van der Waals surface area (Å²) in [7, 11) is 0. The SMILES string of the molecule is C/C(=C/c1ccccc1)CNCCc1nnc2n1CCCCC2. The fourth-order valence-electron chi connectivity index (χ4n) is 3.10. The van der Waals surface area contributed by atoms with Crippen molar-refractivity contribution in [3.63, 3.8) is 0 Å².